The van der Waals surface area contributed by atoms with E-state index >= 15 is 0 Å². The number of furan rings is 1. The van der Waals surface area contributed by atoms with E-state index < -0.39 is 0 Å². The van der Waals surface area contributed by atoms with Gasteiger partial charge in [0.05, 0.1) is 28.2 Å². The Morgan fingerprint density at radius 3 is 2.65 bits per heavy atom. The normalized spacial score (nSPS) is 12.2. The van der Waals surface area contributed by atoms with E-state index in [0.29, 0.717) is 54.7 Å². The maximum Gasteiger partial charge on any atom is 0.282 e. The van der Waals surface area contributed by atoms with E-state index in [4.69, 9.17) is 37.3 Å². The van der Waals surface area contributed by atoms with Crippen LogP contribution in [0.5, 0.6) is 5.75 Å². The van der Waals surface area contributed by atoms with Crippen molar-refractivity contribution in [3.63, 3.8) is 0 Å². The molecule has 0 N–H and O–H groups in total. The first-order chi connectivity index (χ1) is 17.6. The molecule has 3 aromatic carbocycles. The number of aromatic nitrogens is 2. The second-order valence-electron chi connectivity index (χ2n) is 9.76. The molecule has 37 heavy (non-hydrogen) atoms. The summed E-state index contributed by atoms with van der Waals surface area (Å²) < 4.78 is 14.1. The van der Waals surface area contributed by atoms with Crippen molar-refractivity contribution in [1.82, 2.24) is 9.66 Å². The Morgan fingerprint density at radius 2 is 1.86 bits per heavy atom. The number of hydrogen-bond acceptors (Lipinski definition) is 5. The Kier molecular flexibility index (Phi) is 6.88. The molecule has 2 heterocycles. The van der Waals surface area contributed by atoms with E-state index in [-0.39, 0.29) is 16.8 Å². The average Bonchev–Trinajstić information content (AvgIpc) is 3.25. The van der Waals surface area contributed by atoms with Crippen molar-refractivity contribution in [2.24, 2.45) is 10.5 Å². The van der Waals surface area contributed by atoms with Gasteiger partial charge in [0.1, 0.15) is 11.3 Å². The van der Waals surface area contributed by atoms with Gasteiger partial charge in [0.15, 0.2) is 5.76 Å². The largest absolute Gasteiger partial charge is 0.491 e. The number of ether oxygens (including phenoxy) is 1. The van der Waals surface area contributed by atoms with Gasteiger partial charge in [0, 0.05) is 21.0 Å². The van der Waals surface area contributed by atoms with Crippen LogP contribution in [-0.2, 0) is 0 Å². The Hall–Kier alpha value is -3.13. The summed E-state index contributed by atoms with van der Waals surface area (Å²) in [4.78, 5) is 18.3. The molecule has 188 valence electrons. The maximum absolute atomic E-state index is 13.6. The number of benzene rings is 3. The number of fused-ring (bicyclic) bond motifs is 2. The lowest BCUT2D eigenvalue weighted by molar-refractivity contribution is 0.196. The quantitative estimate of drug-likeness (QED) is 0.191. The first kappa shape index (κ1) is 25.5. The minimum absolute atomic E-state index is 0.0654. The highest BCUT2D eigenvalue weighted by Crippen LogP contribution is 2.34. The molecule has 0 radical (unpaired) electrons. The van der Waals surface area contributed by atoms with Gasteiger partial charge in [-0.05, 0) is 69.9 Å². The number of para-hydroxylation sites is 1. The Morgan fingerprint density at radius 1 is 1.08 bits per heavy atom. The van der Waals surface area contributed by atoms with Crippen LogP contribution in [0.15, 0.2) is 79.4 Å². The fourth-order valence-corrected chi connectivity index (χ4v) is 4.88. The lowest BCUT2D eigenvalue weighted by Gasteiger charge is -2.20. The summed E-state index contributed by atoms with van der Waals surface area (Å²) in [6.07, 6.45) is 1.54. The summed E-state index contributed by atoms with van der Waals surface area (Å²) in [5.74, 6) is 1.21. The standard InChI is InChI=1S/C28H22BrCl2N3O3/c1-28(2,3)15-36-25-17(11-19(31)13-21(25)29)14-32-34-26(33-22-7-5-4-6-20(22)27(34)35)24-12-16-10-18(30)8-9-23(16)37-24/h4-14H,15H2,1-3H3. The molecule has 6 nitrogen and oxygen atoms in total. The summed E-state index contributed by atoms with van der Waals surface area (Å²) >= 11 is 16.0. The number of halogens is 3. The third kappa shape index (κ3) is 5.44. The van der Waals surface area contributed by atoms with Crippen molar-refractivity contribution in [2.75, 3.05) is 6.61 Å². The van der Waals surface area contributed by atoms with E-state index in [2.05, 4.69) is 41.8 Å². The molecule has 5 rings (SSSR count). The third-order valence-corrected chi connectivity index (χ3v) is 6.49. The lowest BCUT2D eigenvalue weighted by atomic mass is 9.98. The molecule has 0 saturated heterocycles. The van der Waals surface area contributed by atoms with Crippen LogP contribution in [0.25, 0.3) is 33.5 Å². The van der Waals surface area contributed by atoms with Crippen molar-refractivity contribution >= 4 is 67.2 Å². The molecule has 0 aliphatic heterocycles. The number of hydrogen-bond donors (Lipinski definition) is 0. The van der Waals surface area contributed by atoms with E-state index in [0.717, 1.165) is 5.39 Å². The van der Waals surface area contributed by atoms with Gasteiger partial charge in [-0.1, -0.05) is 56.1 Å². The summed E-state index contributed by atoms with van der Waals surface area (Å²) in [6, 6.07) is 17.7. The van der Waals surface area contributed by atoms with Gasteiger partial charge < -0.3 is 9.15 Å². The lowest BCUT2D eigenvalue weighted by Crippen LogP contribution is -2.20. The Labute approximate surface area is 231 Å². The van der Waals surface area contributed by atoms with Gasteiger partial charge in [-0.2, -0.15) is 9.78 Å². The monoisotopic (exact) mass is 597 g/mol. The van der Waals surface area contributed by atoms with Crippen molar-refractivity contribution in [3.05, 3.63) is 91.1 Å². The first-order valence-electron chi connectivity index (χ1n) is 11.5. The van der Waals surface area contributed by atoms with Gasteiger partial charge in [0.25, 0.3) is 5.56 Å². The molecule has 0 atom stereocenters. The highest BCUT2D eigenvalue weighted by molar-refractivity contribution is 9.10. The van der Waals surface area contributed by atoms with Crippen LogP contribution in [0.3, 0.4) is 0 Å². The van der Waals surface area contributed by atoms with Crippen LogP contribution in [-0.4, -0.2) is 22.5 Å². The molecule has 2 aromatic heterocycles. The minimum atomic E-state index is -0.339. The van der Waals surface area contributed by atoms with Crippen LogP contribution in [0, 0.1) is 5.41 Å². The molecule has 0 spiro atoms. The molecular weight excluding hydrogens is 577 g/mol. The summed E-state index contributed by atoms with van der Waals surface area (Å²) in [7, 11) is 0. The molecule has 0 bridgehead atoms. The number of rotatable bonds is 5. The van der Waals surface area contributed by atoms with Gasteiger partial charge in [-0.15, -0.1) is 0 Å². The fourth-order valence-electron chi connectivity index (χ4n) is 3.75. The van der Waals surface area contributed by atoms with Gasteiger partial charge in [-0.3, -0.25) is 4.79 Å². The first-order valence-corrected chi connectivity index (χ1v) is 13.0. The predicted molar refractivity (Wildman–Crippen MR) is 153 cm³/mol. The summed E-state index contributed by atoms with van der Waals surface area (Å²) in [5, 5.41) is 6.84. The minimum Gasteiger partial charge on any atom is -0.491 e. The van der Waals surface area contributed by atoms with E-state index in [1.54, 1.807) is 54.6 Å². The van der Waals surface area contributed by atoms with E-state index in [1.165, 1.54) is 10.9 Å². The zero-order valence-corrected chi connectivity index (χ0v) is 23.4. The SMILES string of the molecule is CC(C)(C)COc1c(Br)cc(Cl)cc1C=Nn1c(-c2cc3cc(Cl)ccc3o2)nc2ccccc2c1=O. The molecule has 0 fully saturated rings. The number of nitrogens with zero attached hydrogens (tertiary/aromatic N) is 3. The summed E-state index contributed by atoms with van der Waals surface area (Å²) in [6.45, 7) is 6.71. The summed E-state index contributed by atoms with van der Waals surface area (Å²) in [5.41, 5.74) is 1.35. The fraction of sp³-hybridized carbons (Fsp3) is 0.179. The molecule has 0 aliphatic carbocycles. The maximum atomic E-state index is 13.6. The van der Waals surface area contributed by atoms with E-state index in [9.17, 15) is 4.79 Å². The van der Waals surface area contributed by atoms with Crippen LogP contribution in [0.2, 0.25) is 10.0 Å². The Bertz CT molecular complexity index is 1740. The van der Waals surface area contributed by atoms with Crippen LogP contribution >= 0.6 is 39.1 Å². The molecule has 0 unspecified atom stereocenters. The predicted octanol–water partition coefficient (Wildman–Crippen LogP) is 8.19. The van der Waals surface area contributed by atoms with Crippen molar-refractivity contribution < 1.29 is 9.15 Å². The second kappa shape index (κ2) is 9.97. The van der Waals surface area contributed by atoms with Crippen molar-refractivity contribution in [2.45, 2.75) is 20.8 Å². The molecule has 0 aliphatic rings. The molecular formula is C28H22BrCl2N3O3. The van der Waals surface area contributed by atoms with Crippen LogP contribution in [0.4, 0.5) is 0 Å². The highest BCUT2D eigenvalue weighted by Gasteiger charge is 2.18. The van der Waals surface area contributed by atoms with Crippen LogP contribution in [0.1, 0.15) is 26.3 Å². The molecule has 9 heteroatoms. The topological polar surface area (TPSA) is 69.6 Å². The van der Waals surface area contributed by atoms with Crippen molar-refractivity contribution in [3.8, 4) is 17.3 Å². The van der Waals surface area contributed by atoms with Gasteiger partial charge in [0.2, 0.25) is 5.82 Å². The Balaban J connectivity index is 1.68. The third-order valence-electron chi connectivity index (χ3n) is 5.45. The second-order valence-corrected chi connectivity index (χ2v) is 11.5. The zero-order chi connectivity index (χ0) is 26.3. The van der Waals surface area contributed by atoms with Crippen molar-refractivity contribution in [1.29, 1.82) is 0 Å². The van der Waals surface area contributed by atoms with E-state index in [1.807, 2.05) is 6.07 Å². The average molecular weight is 599 g/mol. The smallest absolute Gasteiger partial charge is 0.282 e. The molecule has 5 aromatic rings. The highest BCUT2D eigenvalue weighted by atomic mass is 79.9. The van der Waals surface area contributed by atoms with Gasteiger partial charge in [-0.25, -0.2) is 4.98 Å². The molecule has 0 amide bonds. The van der Waals surface area contributed by atoms with Crippen LogP contribution < -0.4 is 10.3 Å². The van der Waals surface area contributed by atoms with Gasteiger partial charge >= 0.3 is 0 Å². The molecule has 0 saturated carbocycles. The zero-order valence-electron chi connectivity index (χ0n) is 20.3.